The van der Waals surface area contributed by atoms with Gasteiger partial charge in [0, 0.05) is 6.42 Å². The standard InChI is InChI=1S/C21H35NO3/c1-4-7-8-12-15-21(23)25-20(16-22(5-2)6-3)18-24-17-19-13-10-9-11-14-19/h9-11,13-14,20H,4-8,12,15-18H2,1-3H3/p+1/t20-/m1/s1. The van der Waals surface area contributed by atoms with Gasteiger partial charge in [0.1, 0.15) is 6.54 Å². The molecule has 1 atom stereocenters. The predicted molar refractivity (Wildman–Crippen MR) is 102 cm³/mol. The second-order valence-corrected chi connectivity index (χ2v) is 6.58. The Labute approximate surface area is 153 Å². The van der Waals surface area contributed by atoms with Crippen molar-refractivity contribution in [2.75, 3.05) is 26.2 Å². The van der Waals surface area contributed by atoms with Crippen LogP contribution in [0, 0.1) is 0 Å². The number of quaternary nitrogens is 1. The summed E-state index contributed by atoms with van der Waals surface area (Å²) < 4.78 is 11.5. The minimum absolute atomic E-state index is 0.0871. The lowest BCUT2D eigenvalue weighted by Crippen LogP contribution is -3.12. The fourth-order valence-electron chi connectivity index (χ4n) is 2.82. The highest BCUT2D eigenvalue weighted by molar-refractivity contribution is 5.69. The topological polar surface area (TPSA) is 40.0 Å². The number of hydrogen-bond acceptors (Lipinski definition) is 3. The van der Waals surface area contributed by atoms with Gasteiger partial charge in [-0.05, 0) is 25.8 Å². The van der Waals surface area contributed by atoms with Crippen LogP contribution in [0.5, 0.6) is 0 Å². The van der Waals surface area contributed by atoms with Crippen molar-refractivity contribution >= 4 is 5.97 Å². The van der Waals surface area contributed by atoms with Gasteiger partial charge in [-0.2, -0.15) is 0 Å². The molecule has 4 nitrogen and oxygen atoms in total. The third kappa shape index (κ3) is 10.3. The molecule has 0 aliphatic carbocycles. The largest absolute Gasteiger partial charge is 0.454 e. The average molecular weight is 351 g/mol. The molecule has 0 saturated heterocycles. The van der Waals surface area contributed by atoms with Crippen LogP contribution in [0.4, 0.5) is 0 Å². The number of hydrogen-bond donors (Lipinski definition) is 1. The molecule has 0 bridgehead atoms. The first-order chi connectivity index (χ1) is 12.2. The maximum atomic E-state index is 12.1. The first-order valence-corrected chi connectivity index (χ1v) is 9.84. The van der Waals surface area contributed by atoms with Gasteiger partial charge in [-0.15, -0.1) is 0 Å². The van der Waals surface area contributed by atoms with E-state index in [2.05, 4.69) is 20.8 Å². The first-order valence-electron chi connectivity index (χ1n) is 9.84. The van der Waals surface area contributed by atoms with Crippen molar-refractivity contribution < 1.29 is 19.2 Å². The Morgan fingerprint density at radius 1 is 1.04 bits per heavy atom. The normalized spacial score (nSPS) is 12.3. The number of rotatable bonds is 14. The summed E-state index contributed by atoms with van der Waals surface area (Å²) in [6.45, 7) is 10.4. The van der Waals surface area contributed by atoms with Crippen LogP contribution in [-0.2, 0) is 20.9 Å². The molecule has 4 heteroatoms. The van der Waals surface area contributed by atoms with E-state index < -0.39 is 0 Å². The molecular formula is C21H36NO3+. The molecule has 0 aliphatic rings. The molecule has 0 fully saturated rings. The highest BCUT2D eigenvalue weighted by atomic mass is 16.6. The van der Waals surface area contributed by atoms with Gasteiger partial charge in [0.25, 0.3) is 0 Å². The van der Waals surface area contributed by atoms with Crippen molar-refractivity contribution in [3.8, 4) is 0 Å². The number of unbranched alkanes of at least 4 members (excludes halogenated alkanes) is 3. The monoisotopic (exact) mass is 350 g/mol. The van der Waals surface area contributed by atoms with Gasteiger partial charge in [0.05, 0.1) is 26.3 Å². The van der Waals surface area contributed by atoms with Crippen LogP contribution in [0.25, 0.3) is 0 Å². The van der Waals surface area contributed by atoms with E-state index >= 15 is 0 Å². The second-order valence-electron chi connectivity index (χ2n) is 6.58. The minimum Gasteiger partial charge on any atom is -0.454 e. The van der Waals surface area contributed by atoms with Crippen LogP contribution in [0.1, 0.15) is 58.4 Å². The number of likely N-dealkylation sites (N-methyl/N-ethyl adjacent to an activating group) is 1. The van der Waals surface area contributed by atoms with Crippen molar-refractivity contribution in [1.82, 2.24) is 0 Å². The Morgan fingerprint density at radius 2 is 1.76 bits per heavy atom. The highest BCUT2D eigenvalue weighted by Gasteiger charge is 2.20. The number of carbonyl (C=O) groups excluding carboxylic acids is 1. The van der Waals surface area contributed by atoms with Crippen LogP contribution in [0.3, 0.4) is 0 Å². The minimum atomic E-state index is -0.169. The molecule has 25 heavy (non-hydrogen) atoms. The molecule has 0 spiro atoms. The number of carbonyl (C=O) groups is 1. The van der Waals surface area contributed by atoms with E-state index in [-0.39, 0.29) is 12.1 Å². The number of esters is 1. The Morgan fingerprint density at radius 3 is 2.40 bits per heavy atom. The summed E-state index contributed by atoms with van der Waals surface area (Å²) in [5, 5.41) is 0. The lowest BCUT2D eigenvalue weighted by Gasteiger charge is -2.23. The maximum Gasteiger partial charge on any atom is 0.306 e. The van der Waals surface area contributed by atoms with Crippen molar-refractivity contribution in [3.63, 3.8) is 0 Å². The molecule has 0 unspecified atom stereocenters. The van der Waals surface area contributed by atoms with Crippen molar-refractivity contribution in [2.45, 2.75) is 65.6 Å². The fraction of sp³-hybridized carbons (Fsp3) is 0.667. The summed E-state index contributed by atoms with van der Waals surface area (Å²) in [5.41, 5.74) is 1.14. The SMILES string of the molecule is CCCCCCC(=O)O[C@@H](COCc1ccccc1)C[NH+](CC)CC. The molecule has 0 aliphatic heterocycles. The van der Waals surface area contributed by atoms with E-state index in [1.54, 1.807) is 0 Å². The summed E-state index contributed by atoms with van der Waals surface area (Å²) >= 11 is 0. The molecule has 0 amide bonds. The second kappa shape index (κ2) is 13.9. The molecule has 1 aromatic rings. The van der Waals surface area contributed by atoms with E-state index in [1.807, 2.05) is 30.3 Å². The number of ether oxygens (including phenoxy) is 2. The zero-order chi connectivity index (χ0) is 18.3. The van der Waals surface area contributed by atoms with Gasteiger partial charge in [-0.1, -0.05) is 56.5 Å². The lowest BCUT2D eigenvalue weighted by molar-refractivity contribution is -0.899. The molecule has 0 aromatic heterocycles. The van der Waals surface area contributed by atoms with Crippen LogP contribution in [0.15, 0.2) is 30.3 Å². The van der Waals surface area contributed by atoms with E-state index in [9.17, 15) is 4.79 Å². The maximum absolute atomic E-state index is 12.1. The van der Waals surface area contributed by atoms with Crippen molar-refractivity contribution in [3.05, 3.63) is 35.9 Å². The quantitative estimate of drug-likeness (QED) is 0.414. The molecular weight excluding hydrogens is 314 g/mol. The first kappa shape index (κ1) is 21.7. The summed E-state index contributed by atoms with van der Waals surface area (Å²) in [6, 6.07) is 10.1. The van der Waals surface area contributed by atoms with E-state index in [4.69, 9.17) is 9.47 Å². The van der Waals surface area contributed by atoms with Gasteiger partial charge in [-0.3, -0.25) is 4.79 Å². The molecule has 0 saturated carbocycles. The number of benzene rings is 1. The smallest absolute Gasteiger partial charge is 0.306 e. The van der Waals surface area contributed by atoms with Crippen LogP contribution in [0.2, 0.25) is 0 Å². The van der Waals surface area contributed by atoms with Gasteiger partial charge < -0.3 is 14.4 Å². The summed E-state index contributed by atoms with van der Waals surface area (Å²) in [7, 11) is 0. The zero-order valence-electron chi connectivity index (χ0n) is 16.3. The van der Waals surface area contributed by atoms with Crippen molar-refractivity contribution in [1.29, 1.82) is 0 Å². The number of nitrogens with one attached hydrogen (secondary N) is 1. The lowest BCUT2D eigenvalue weighted by atomic mass is 10.1. The average Bonchev–Trinajstić information content (AvgIpc) is 2.64. The summed E-state index contributed by atoms with van der Waals surface area (Å²) in [4.78, 5) is 13.5. The van der Waals surface area contributed by atoms with E-state index in [1.165, 1.54) is 17.7 Å². The Hall–Kier alpha value is -1.39. The van der Waals surface area contributed by atoms with Crippen LogP contribution >= 0.6 is 0 Å². The highest BCUT2D eigenvalue weighted by Crippen LogP contribution is 2.06. The van der Waals surface area contributed by atoms with Crippen LogP contribution < -0.4 is 4.90 Å². The Balaban J connectivity index is 2.43. The van der Waals surface area contributed by atoms with Gasteiger partial charge in [0.2, 0.25) is 0 Å². The molecule has 142 valence electrons. The Kier molecular flexibility index (Phi) is 12.0. The Bertz CT molecular complexity index is 446. The van der Waals surface area contributed by atoms with Gasteiger partial charge in [0.15, 0.2) is 6.10 Å². The molecule has 0 heterocycles. The predicted octanol–water partition coefficient (Wildman–Crippen LogP) is 3.01. The summed E-state index contributed by atoms with van der Waals surface area (Å²) in [6.07, 6.45) is 4.72. The van der Waals surface area contributed by atoms with Crippen molar-refractivity contribution in [2.24, 2.45) is 0 Å². The fourth-order valence-corrected chi connectivity index (χ4v) is 2.82. The van der Waals surface area contributed by atoms with Gasteiger partial charge >= 0.3 is 5.97 Å². The van der Waals surface area contributed by atoms with E-state index in [0.29, 0.717) is 19.6 Å². The zero-order valence-corrected chi connectivity index (χ0v) is 16.3. The summed E-state index contributed by atoms with van der Waals surface area (Å²) in [5.74, 6) is -0.0871. The molecule has 1 rings (SSSR count). The molecule has 1 N–H and O–H groups in total. The third-order valence-corrected chi connectivity index (χ3v) is 4.46. The van der Waals surface area contributed by atoms with Crippen LogP contribution in [-0.4, -0.2) is 38.3 Å². The molecule has 0 radical (unpaired) electrons. The third-order valence-electron chi connectivity index (χ3n) is 4.46. The van der Waals surface area contributed by atoms with E-state index in [0.717, 1.165) is 38.0 Å². The molecule has 1 aromatic carbocycles. The van der Waals surface area contributed by atoms with Gasteiger partial charge in [-0.25, -0.2) is 0 Å².